The minimum Gasteiger partial charge on any atom is -0.356 e. The summed E-state index contributed by atoms with van der Waals surface area (Å²) in [5.41, 5.74) is 0. The topological polar surface area (TPSA) is 95.6 Å². The van der Waals surface area contributed by atoms with Crippen LogP contribution in [0.25, 0.3) is 0 Å². The number of nitrogens with zero attached hydrogens (tertiary/aromatic N) is 1. The van der Waals surface area contributed by atoms with Crippen LogP contribution in [0.1, 0.15) is 58.8 Å². The lowest BCUT2D eigenvalue weighted by Gasteiger charge is -2.15. The number of amides is 3. The lowest BCUT2D eigenvalue weighted by atomic mass is 10.1. The average Bonchev–Trinajstić information content (AvgIpc) is 2.89. The van der Waals surface area contributed by atoms with Crippen molar-refractivity contribution in [3.05, 3.63) is 0 Å². The summed E-state index contributed by atoms with van der Waals surface area (Å²) in [4.78, 5) is 48.8. The Bertz CT molecular complexity index is 527. The number of unbranched alkanes of at least 4 members (excludes halogenated alkanes) is 2. The van der Waals surface area contributed by atoms with Gasteiger partial charge in [0.2, 0.25) is 17.7 Å². The third kappa shape index (κ3) is 8.43. The Morgan fingerprint density at radius 2 is 2.00 bits per heavy atom. The molecule has 0 bridgehead atoms. The molecule has 0 spiro atoms. The van der Waals surface area contributed by atoms with Gasteiger partial charge in [-0.25, -0.2) is 0 Å². The fourth-order valence-electron chi connectivity index (χ4n) is 2.94. The molecule has 1 fully saturated rings. The molecule has 1 unspecified atom stereocenters. The number of likely N-dealkylation sites (tertiary alicyclic amines) is 1. The number of ketones is 1. The fourth-order valence-corrected chi connectivity index (χ4v) is 4.21. The van der Waals surface area contributed by atoms with E-state index < -0.39 is 0 Å². The van der Waals surface area contributed by atoms with Crippen LogP contribution in [0.3, 0.4) is 0 Å². The second-order valence-electron chi connectivity index (χ2n) is 6.85. The summed E-state index contributed by atoms with van der Waals surface area (Å²) in [5, 5.41) is 5.50. The quantitative estimate of drug-likeness (QED) is 0.339. The van der Waals surface area contributed by atoms with Crippen molar-refractivity contribution in [1.29, 1.82) is 0 Å². The van der Waals surface area contributed by atoms with Crippen molar-refractivity contribution in [2.75, 3.05) is 25.9 Å². The lowest BCUT2D eigenvalue weighted by Crippen LogP contribution is -2.36. The molecule has 0 aromatic carbocycles. The second kappa shape index (κ2) is 12.9. The standard InChI is InChI=1S/C19H33N3O4S/c1-4-5-12-27-16-13-18(25)22(19(16)26)11-9-17(24)21-10-7-6-8-15(20-3)14(2)23/h15-16,20H,4-13H2,1-3H3,(H,21,24)/t15-,16?/m0/s1. The summed E-state index contributed by atoms with van der Waals surface area (Å²) < 4.78 is 0. The summed E-state index contributed by atoms with van der Waals surface area (Å²) in [5.74, 6) is 0.509. The van der Waals surface area contributed by atoms with E-state index in [1.165, 1.54) is 4.90 Å². The van der Waals surface area contributed by atoms with Gasteiger partial charge in [0.25, 0.3) is 0 Å². The molecule has 1 rings (SSSR count). The smallest absolute Gasteiger partial charge is 0.242 e. The highest BCUT2D eigenvalue weighted by molar-refractivity contribution is 8.00. The van der Waals surface area contributed by atoms with E-state index in [1.54, 1.807) is 25.7 Å². The first-order valence-corrected chi connectivity index (χ1v) is 10.9. The maximum absolute atomic E-state index is 12.3. The molecule has 0 aromatic heterocycles. The molecule has 27 heavy (non-hydrogen) atoms. The molecule has 154 valence electrons. The van der Waals surface area contributed by atoms with Gasteiger partial charge < -0.3 is 10.6 Å². The number of hydrogen-bond acceptors (Lipinski definition) is 6. The first-order chi connectivity index (χ1) is 12.9. The van der Waals surface area contributed by atoms with Gasteiger partial charge in [0, 0.05) is 25.9 Å². The van der Waals surface area contributed by atoms with Crippen molar-refractivity contribution in [3.8, 4) is 0 Å². The molecule has 1 saturated heterocycles. The highest BCUT2D eigenvalue weighted by Crippen LogP contribution is 2.26. The first kappa shape index (κ1) is 23.6. The van der Waals surface area contributed by atoms with Crippen molar-refractivity contribution in [3.63, 3.8) is 0 Å². The summed E-state index contributed by atoms with van der Waals surface area (Å²) in [6, 6.07) is -0.129. The zero-order valence-electron chi connectivity index (χ0n) is 16.7. The lowest BCUT2D eigenvalue weighted by molar-refractivity contribution is -0.138. The molecule has 2 N–H and O–H groups in total. The van der Waals surface area contributed by atoms with E-state index in [4.69, 9.17) is 0 Å². The third-order valence-corrected chi connectivity index (χ3v) is 5.96. The highest BCUT2D eigenvalue weighted by Gasteiger charge is 2.38. The molecule has 3 amide bonds. The van der Waals surface area contributed by atoms with Gasteiger partial charge in [0.05, 0.1) is 11.3 Å². The third-order valence-electron chi connectivity index (χ3n) is 4.66. The van der Waals surface area contributed by atoms with Gasteiger partial charge in [-0.2, -0.15) is 0 Å². The predicted octanol–water partition coefficient (Wildman–Crippen LogP) is 1.50. The monoisotopic (exact) mass is 399 g/mol. The summed E-state index contributed by atoms with van der Waals surface area (Å²) >= 11 is 1.54. The minimum atomic E-state index is -0.284. The Morgan fingerprint density at radius 3 is 2.63 bits per heavy atom. The highest BCUT2D eigenvalue weighted by atomic mass is 32.2. The molecule has 8 heteroatoms. The summed E-state index contributed by atoms with van der Waals surface area (Å²) in [7, 11) is 1.77. The number of hydrogen-bond donors (Lipinski definition) is 2. The van der Waals surface area contributed by atoms with E-state index in [9.17, 15) is 19.2 Å². The van der Waals surface area contributed by atoms with Crippen molar-refractivity contribution in [1.82, 2.24) is 15.5 Å². The molecule has 0 saturated carbocycles. The van der Waals surface area contributed by atoms with Crippen LogP contribution >= 0.6 is 11.8 Å². The zero-order valence-corrected chi connectivity index (χ0v) is 17.5. The van der Waals surface area contributed by atoms with Gasteiger partial charge in [0.15, 0.2) is 0 Å². The number of nitrogens with one attached hydrogen (secondary N) is 2. The first-order valence-electron chi connectivity index (χ1n) is 9.80. The Kier molecular flexibility index (Phi) is 11.3. The SMILES string of the molecule is CCCCSC1CC(=O)N(CCC(=O)NCCCC[C@H](NC)C(C)=O)C1=O. The van der Waals surface area contributed by atoms with Crippen LogP contribution in [0.4, 0.5) is 0 Å². The minimum absolute atomic E-state index is 0.118. The van der Waals surface area contributed by atoms with E-state index >= 15 is 0 Å². The average molecular weight is 400 g/mol. The Balaban J connectivity index is 2.21. The van der Waals surface area contributed by atoms with Crippen LogP contribution in [-0.2, 0) is 19.2 Å². The van der Waals surface area contributed by atoms with Gasteiger partial charge in [-0.1, -0.05) is 13.3 Å². The van der Waals surface area contributed by atoms with Crippen molar-refractivity contribution in [2.45, 2.75) is 70.1 Å². The molecule has 2 atom stereocenters. The Morgan fingerprint density at radius 1 is 1.26 bits per heavy atom. The number of carbonyl (C=O) groups is 4. The molecular formula is C19H33N3O4S. The van der Waals surface area contributed by atoms with Crippen LogP contribution < -0.4 is 10.6 Å². The van der Waals surface area contributed by atoms with Crippen molar-refractivity contribution in [2.24, 2.45) is 0 Å². The van der Waals surface area contributed by atoms with Crippen LogP contribution in [0.15, 0.2) is 0 Å². The van der Waals surface area contributed by atoms with Crippen LogP contribution in [0, 0.1) is 0 Å². The largest absolute Gasteiger partial charge is 0.356 e. The van der Waals surface area contributed by atoms with Crippen LogP contribution in [0.5, 0.6) is 0 Å². The number of likely N-dealkylation sites (N-methyl/N-ethyl adjacent to an activating group) is 1. The maximum atomic E-state index is 12.3. The summed E-state index contributed by atoms with van der Waals surface area (Å²) in [6.45, 7) is 4.34. The fraction of sp³-hybridized carbons (Fsp3) is 0.789. The number of imide groups is 1. The normalized spacial score (nSPS) is 18.0. The van der Waals surface area contributed by atoms with E-state index in [0.29, 0.717) is 6.54 Å². The molecule has 7 nitrogen and oxygen atoms in total. The molecule has 0 aromatic rings. The zero-order chi connectivity index (χ0) is 20.2. The van der Waals surface area contributed by atoms with E-state index in [1.807, 2.05) is 0 Å². The Labute approximate surface area is 166 Å². The maximum Gasteiger partial charge on any atom is 0.242 e. The van der Waals surface area contributed by atoms with E-state index in [0.717, 1.165) is 37.9 Å². The van der Waals surface area contributed by atoms with Crippen LogP contribution in [0.2, 0.25) is 0 Å². The number of rotatable bonds is 14. The van der Waals surface area contributed by atoms with Gasteiger partial charge in [-0.3, -0.25) is 24.1 Å². The molecule has 1 aliphatic rings. The van der Waals surface area contributed by atoms with Gasteiger partial charge in [0.1, 0.15) is 5.78 Å². The Hall–Kier alpha value is -1.41. The van der Waals surface area contributed by atoms with E-state index in [-0.39, 0.29) is 54.2 Å². The van der Waals surface area contributed by atoms with E-state index in [2.05, 4.69) is 17.6 Å². The second-order valence-corrected chi connectivity index (χ2v) is 8.16. The molecule has 0 aliphatic carbocycles. The number of carbonyl (C=O) groups excluding carboxylic acids is 4. The molecule has 1 heterocycles. The molecule has 0 radical (unpaired) electrons. The number of Topliss-reactive ketones (excluding diaryl/α,β-unsaturated/α-hetero) is 1. The van der Waals surface area contributed by atoms with Crippen molar-refractivity contribution < 1.29 is 19.2 Å². The number of thioether (sulfide) groups is 1. The summed E-state index contributed by atoms with van der Waals surface area (Å²) in [6.07, 6.45) is 4.85. The van der Waals surface area contributed by atoms with Crippen molar-refractivity contribution >= 4 is 35.3 Å². The van der Waals surface area contributed by atoms with Crippen LogP contribution in [-0.4, -0.2) is 65.6 Å². The van der Waals surface area contributed by atoms with Gasteiger partial charge in [-0.05, 0) is 45.4 Å². The van der Waals surface area contributed by atoms with Gasteiger partial charge >= 0.3 is 0 Å². The molecular weight excluding hydrogens is 366 g/mol. The molecule has 1 aliphatic heterocycles. The van der Waals surface area contributed by atoms with Gasteiger partial charge in [-0.15, -0.1) is 11.8 Å². The predicted molar refractivity (Wildman–Crippen MR) is 107 cm³/mol.